The second-order valence-corrected chi connectivity index (χ2v) is 14.5. The predicted octanol–water partition coefficient (Wildman–Crippen LogP) is 12.7. The van der Waals surface area contributed by atoms with Crippen molar-refractivity contribution in [2.75, 3.05) is 0 Å². The minimum atomic E-state index is 0.966. The standard InChI is InChI=1S/C48H33N2PS/c51-47-29-41-37-20-10-12-22-43(37)49(45(41)27-39(47)32-16-6-2-7-17-32)35-24-34(31-14-4-1-5-15-31)25-36(26-35)50-44-23-13-11-21-38(44)42-30-48(52)40(28-46(42)50)33-18-8-3-9-19-33/h1-30,52H,51H2. The zero-order valence-corrected chi connectivity index (χ0v) is 30.3. The van der Waals surface area contributed by atoms with Crippen LogP contribution in [-0.4, -0.2) is 9.13 Å². The van der Waals surface area contributed by atoms with Gasteiger partial charge in [-0.15, -0.1) is 21.9 Å². The third-order valence-corrected chi connectivity index (χ3v) is 11.2. The van der Waals surface area contributed by atoms with Crippen LogP contribution in [-0.2, 0) is 0 Å². The number of benzene rings is 8. The van der Waals surface area contributed by atoms with E-state index in [2.05, 4.69) is 200 Å². The van der Waals surface area contributed by atoms with E-state index >= 15 is 0 Å². The molecule has 2 heterocycles. The first-order valence-corrected chi connectivity index (χ1v) is 18.6. The van der Waals surface area contributed by atoms with Crippen molar-refractivity contribution in [1.29, 1.82) is 0 Å². The highest BCUT2D eigenvalue weighted by Gasteiger charge is 2.20. The number of hydrogen-bond donors (Lipinski definition) is 1. The average Bonchev–Trinajstić information content (AvgIpc) is 3.69. The van der Waals surface area contributed by atoms with E-state index in [-0.39, 0.29) is 0 Å². The zero-order chi connectivity index (χ0) is 34.8. The highest BCUT2D eigenvalue weighted by Crippen LogP contribution is 2.41. The maximum absolute atomic E-state index is 5.02. The van der Waals surface area contributed by atoms with E-state index in [4.69, 9.17) is 12.6 Å². The van der Waals surface area contributed by atoms with Crippen molar-refractivity contribution in [3.63, 3.8) is 0 Å². The molecule has 0 amide bonds. The van der Waals surface area contributed by atoms with E-state index in [1.807, 2.05) is 0 Å². The molecule has 2 aromatic heterocycles. The van der Waals surface area contributed by atoms with E-state index in [1.54, 1.807) is 0 Å². The minimum Gasteiger partial charge on any atom is -0.309 e. The summed E-state index contributed by atoms with van der Waals surface area (Å²) in [6.45, 7) is 0. The molecular formula is C48H33N2PS. The molecule has 0 bridgehead atoms. The van der Waals surface area contributed by atoms with Crippen LogP contribution in [0, 0.1) is 0 Å². The van der Waals surface area contributed by atoms with Crippen molar-refractivity contribution < 1.29 is 0 Å². The van der Waals surface area contributed by atoms with Gasteiger partial charge < -0.3 is 9.13 Å². The first-order valence-electron chi connectivity index (χ1n) is 17.5. The van der Waals surface area contributed by atoms with Gasteiger partial charge in [0.2, 0.25) is 0 Å². The van der Waals surface area contributed by atoms with Crippen molar-refractivity contribution in [1.82, 2.24) is 9.13 Å². The molecule has 0 saturated heterocycles. The number of para-hydroxylation sites is 2. The Morgan fingerprint density at radius 2 is 0.788 bits per heavy atom. The lowest BCUT2D eigenvalue weighted by molar-refractivity contribution is 1.13. The largest absolute Gasteiger partial charge is 0.309 e. The molecule has 0 aliphatic heterocycles. The van der Waals surface area contributed by atoms with Gasteiger partial charge in [0.1, 0.15) is 0 Å². The Bertz CT molecular complexity index is 2780. The third-order valence-electron chi connectivity index (χ3n) is 10.3. The van der Waals surface area contributed by atoms with Crippen molar-refractivity contribution >= 4 is 70.8 Å². The normalized spacial score (nSPS) is 11.7. The van der Waals surface area contributed by atoms with Crippen LogP contribution in [0.1, 0.15) is 0 Å². The van der Waals surface area contributed by atoms with Crippen LogP contribution in [0.15, 0.2) is 187 Å². The van der Waals surface area contributed by atoms with Gasteiger partial charge in [0.25, 0.3) is 0 Å². The molecule has 0 aliphatic carbocycles. The maximum Gasteiger partial charge on any atom is 0.0548 e. The minimum absolute atomic E-state index is 0.966. The van der Waals surface area contributed by atoms with Gasteiger partial charge in [0.15, 0.2) is 0 Å². The number of hydrogen-bond acceptors (Lipinski definition) is 1. The quantitative estimate of drug-likeness (QED) is 0.135. The average molecular weight is 701 g/mol. The highest BCUT2D eigenvalue weighted by atomic mass is 32.1. The topological polar surface area (TPSA) is 9.86 Å². The molecule has 1 atom stereocenters. The molecule has 0 saturated carbocycles. The molecule has 2 nitrogen and oxygen atoms in total. The Kier molecular flexibility index (Phi) is 7.39. The van der Waals surface area contributed by atoms with Crippen LogP contribution in [0.5, 0.6) is 0 Å². The summed E-state index contributed by atoms with van der Waals surface area (Å²) in [5, 5.41) is 6.04. The summed E-state index contributed by atoms with van der Waals surface area (Å²) in [6.07, 6.45) is 0. The number of fused-ring (bicyclic) bond motifs is 6. The van der Waals surface area contributed by atoms with Crippen LogP contribution >= 0.6 is 21.9 Å². The van der Waals surface area contributed by atoms with Crippen molar-refractivity contribution in [2.24, 2.45) is 0 Å². The number of aromatic nitrogens is 2. The lowest BCUT2D eigenvalue weighted by atomic mass is 10.0. The first kappa shape index (κ1) is 30.9. The van der Waals surface area contributed by atoms with Crippen LogP contribution in [0.3, 0.4) is 0 Å². The predicted molar refractivity (Wildman–Crippen MR) is 228 cm³/mol. The fraction of sp³-hybridized carbons (Fsp3) is 0. The second-order valence-electron chi connectivity index (χ2n) is 13.4. The van der Waals surface area contributed by atoms with Crippen molar-refractivity contribution in [3.05, 3.63) is 182 Å². The first-order chi connectivity index (χ1) is 25.6. The Morgan fingerprint density at radius 3 is 1.35 bits per heavy atom. The van der Waals surface area contributed by atoms with E-state index in [9.17, 15) is 0 Å². The summed E-state index contributed by atoms with van der Waals surface area (Å²) in [5.41, 5.74) is 13.9. The molecule has 0 fully saturated rings. The molecule has 4 heteroatoms. The molecule has 246 valence electrons. The fourth-order valence-corrected chi connectivity index (χ4v) is 8.70. The van der Waals surface area contributed by atoms with Crippen LogP contribution in [0.2, 0.25) is 0 Å². The van der Waals surface area contributed by atoms with Gasteiger partial charge in [-0.1, -0.05) is 127 Å². The molecule has 0 aliphatic rings. The van der Waals surface area contributed by atoms with Gasteiger partial charge in [-0.25, -0.2) is 0 Å². The number of nitrogens with zero attached hydrogens (tertiary/aromatic N) is 2. The molecule has 10 rings (SSSR count). The van der Waals surface area contributed by atoms with Gasteiger partial charge in [-0.3, -0.25) is 0 Å². The Hall–Kier alpha value is -5.86. The van der Waals surface area contributed by atoms with Crippen LogP contribution in [0.25, 0.3) is 88.4 Å². The summed E-state index contributed by atoms with van der Waals surface area (Å²) in [6, 6.07) is 65.8. The van der Waals surface area contributed by atoms with E-state index in [0.29, 0.717) is 0 Å². The molecule has 10 aromatic rings. The smallest absolute Gasteiger partial charge is 0.0548 e. The lowest BCUT2D eigenvalue weighted by Gasteiger charge is -2.17. The molecular weight excluding hydrogens is 668 g/mol. The van der Waals surface area contributed by atoms with Gasteiger partial charge in [-0.2, -0.15) is 0 Å². The molecule has 52 heavy (non-hydrogen) atoms. The van der Waals surface area contributed by atoms with Gasteiger partial charge in [0.05, 0.1) is 22.1 Å². The lowest BCUT2D eigenvalue weighted by Crippen LogP contribution is -2.02. The summed E-state index contributed by atoms with van der Waals surface area (Å²) in [5.74, 6) is 0. The monoisotopic (exact) mass is 700 g/mol. The Balaban J connectivity index is 1.31. The second kappa shape index (κ2) is 12.4. The maximum atomic E-state index is 5.02. The summed E-state index contributed by atoms with van der Waals surface area (Å²) >= 11 is 5.02. The van der Waals surface area contributed by atoms with Gasteiger partial charge in [0, 0.05) is 37.8 Å². The molecule has 0 N–H and O–H groups in total. The van der Waals surface area contributed by atoms with Gasteiger partial charge in [-0.05, 0) is 93.3 Å². The zero-order valence-electron chi connectivity index (χ0n) is 28.2. The number of thiol groups is 1. The highest BCUT2D eigenvalue weighted by molar-refractivity contribution is 7.80. The summed E-state index contributed by atoms with van der Waals surface area (Å²) in [4.78, 5) is 0.966. The Labute approximate surface area is 310 Å². The van der Waals surface area contributed by atoms with Crippen LogP contribution in [0.4, 0.5) is 0 Å². The molecule has 0 radical (unpaired) electrons. The van der Waals surface area contributed by atoms with Crippen molar-refractivity contribution in [3.8, 4) is 44.8 Å². The van der Waals surface area contributed by atoms with Crippen LogP contribution < -0.4 is 5.30 Å². The number of rotatable bonds is 5. The Morgan fingerprint density at radius 1 is 0.346 bits per heavy atom. The summed E-state index contributed by atoms with van der Waals surface area (Å²) in [7, 11) is 2.99. The van der Waals surface area contributed by atoms with E-state index < -0.39 is 0 Å². The van der Waals surface area contributed by atoms with Crippen molar-refractivity contribution in [2.45, 2.75) is 4.90 Å². The molecule has 1 unspecified atom stereocenters. The third kappa shape index (κ3) is 5.00. The van der Waals surface area contributed by atoms with E-state index in [0.717, 1.165) is 44.0 Å². The molecule has 0 spiro atoms. The fourth-order valence-electron chi connectivity index (χ4n) is 7.96. The van der Waals surface area contributed by atoms with Gasteiger partial charge >= 0.3 is 0 Å². The van der Waals surface area contributed by atoms with E-state index in [1.165, 1.54) is 54.6 Å². The SMILES string of the molecule is Pc1cc2c3ccccc3n(-c3cc(-c4ccccc4)cc(-n4c5ccccc5c5cc(S)c(-c6ccccc6)cc54)c3)c2cc1-c1ccccc1. The summed E-state index contributed by atoms with van der Waals surface area (Å²) < 4.78 is 4.89. The molecule has 8 aromatic carbocycles.